The zero-order valence-electron chi connectivity index (χ0n) is 12.6. The monoisotopic (exact) mass is 352 g/mol. The number of nitrogens with zero attached hydrogens (tertiary/aromatic N) is 1. The second-order valence-electron chi connectivity index (χ2n) is 6.48. The number of fused-ring (bicyclic) bond motifs is 1. The summed E-state index contributed by atoms with van der Waals surface area (Å²) in [5.41, 5.74) is -0.647. The fraction of sp³-hybridized carbons (Fsp3) is 0.500. The average molecular weight is 351 g/mol. The maximum atomic E-state index is 12.2. The van der Waals surface area contributed by atoms with E-state index in [0.717, 1.165) is 12.8 Å². The van der Waals surface area contributed by atoms with E-state index in [9.17, 15) is 9.59 Å². The number of urea groups is 1. The predicted molar refractivity (Wildman–Crippen MR) is 82.7 cm³/mol. The normalized spacial score (nSPS) is 28.7. The zero-order chi connectivity index (χ0) is 15.3. The van der Waals surface area contributed by atoms with Gasteiger partial charge in [0, 0.05) is 0 Å². The molecule has 2 fully saturated rings. The molecule has 2 aliphatic rings. The molecule has 4 nitrogen and oxygen atoms in total. The van der Waals surface area contributed by atoms with Gasteiger partial charge < -0.3 is 0 Å². The van der Waals surface area contributed by atoms with E-state index in [1.54, 1.807) is 4.90 Å². The van der Waals surface area contributed by atoms with Crippen LogP contribution in [0.4, 0.5) is 4.79 Å². The molecule has 1 N–H and O–H groups in total. The molecule has 0 saturated carbocycles. The van der Waals surface area contributed by atoms with Gasteiger partial charge >= 0.3 is 131 Å². The van der Waals surface area contributed by atoms with Gasteiger partial charge in [0.1, 0.15) is 0 Å². The Hall–Kier alpha value is -1.32. The number of nitrogens with one attached hydrogen (secondary N) is 1. The Labute approximate surface area is 131 Å². The fourth-order valence-corrected chi connectivity index (χ4v) is 6.05. The Kier molecular flexibility index (Phi) is 3.38. The number of benzene rings is 1. The van der Waals surface area contributed by atoms with Crippen molar-refractivity contribution in [2.24, 2.45) is 0 Å². The number of amides is 3. The predicted octanol–water partition coefficient (Wildman–Crippen LogP) is 1.69. The minimum atomic E-state index is -0.647. The maximum absolute atomic E-state index is 12.2. The molecule has 0 aliphatic carbocycles. The van der Waals surface area contributed by atoms with Crippen LogP contribution in [0.5, 0.6) is 0 Å². The van der Waals surface area contributed by atoms with Crippen LogP contribution in [0.1, 0.15) is 33.6 Å². The number of carbonyl (C=O) groups is 2. The summed E-state index contributed by atoms with van der Waals surface area (Å²) in [6, 6.07) is 10.3. The summed E-state index contributed by atoms with van der Waals surface area (Å²) in [6.45, 7) is 6.32. The van der Waals surface area contributed by atoms with E-state index in [1.165, 1.54) is 4.46 Å². The Morgan fingerprint density at radius 3 is 2.62 bits per heavy atom. The molecule has 2 saturated heterocycles. The fourth-order valence-electron chi connectivity index (χ4n) is 3.41. The van der Waals surface area contributed by atoms with Crippen molar-refractivity contribution in [3.63, 3.8) is 0 Å². The Morgan fingerprint density at radius 1 is 1.29 bits per heavy atom. The summed E-state index contributed by atoms with van der Waals surface area (Å²) < 4.78 is 1.32. The summed E-state index contributed by atoms with van der Waals surface area (Å²) in [5, 5.41) is 2.48. The van der Waals surface area contributed by atoms with Crippen molar-refractivity contribution in [1.82, 2.24) is 10.2 Å². The first-order valence-corrected chi connectivity index (χ1v) is 8.95. The summed E-state index contributed by atoms with van der Waals surface area (Å²) in [4.78, 5) is 26.0. The van der Waals surface area contributed by atoms with Gasteiger partial charge in [-0.15, -0.1) is 0 Å². The van der Waals surface area contributed by atoms with Crippen molar-refractivity contribution in [2.75, 3.05) is 0 Å². The van der Waals surface area contributed by atoms with Gasteiger partial charge in [0.2, 0.25) is 0 Å². The van der Waals surface area contributed by atoms with Gasteiger partial charge in [-0.3, -0.25) is 0 Å². The van der Waals surface area contributed by atoms with E-state index in [-0.39, 0.29) is 37.3 Å². The third-order valence-corrected chi connectivity index (χ3v) is 7.34. The van der Waals surface area contributed by atoms with Gasteiger partial charge in [0.15, 0.2) is 0 Å². The van der Waals surface area contributed by atoms with Gasteiger partial charge in [-0.25, -0.2) is 0 Å². The summed E-state index contributed by atoms with van der Waals surface area (Å²) in [5.74, 6) is -0.141. The number of imide groups is 1. The van der Waals surface area contributed by atoms with Crippen molar-refractivity contribution in [3.05, 3.63) is 30.3 Å². The van der Waals surface area contributed by atoms with Gasteiger partial charge in [-0.2, -0.15) is 0 Å². The molecule has 3 rings (SSSR count). The molecule has 0 radical (unpaired) electrons. The molecule has 2 heterocycles. The molecule has 1 aromatic rings. The van der Waals surface area contributed by atoms with E-state index in [0.29, 0.717) is 0 Å². The number of rotatable bonds is 3. The van der Waals surface area contributed by atoms with Crippen LogP contribution in [0.3, 0.4) is 0 Å². The molecular formula is C16H20N2O2Se. The Balaban J connectivity index is 1.86. The SMILES string of the molecule is CC(C)([Se]c1ccccc1)C1CCC2(C)C(=O)NC(=O)N12. The van der Waals surface area contributed by atoms with E-state index in [1.807, 2.05) is 13.0 Å². The van der Waals surface area contributed by atoms with Gasteiger partial charge in [0.05, 0.1) is 0 Å². The number of hydrogen-bond acceptors (Lipinski definition) is 2. The second kappa shape index (κ2) is 4.85. The summed E-state index contributed by atoms with van der Waals surface area (Å²) in [6.07, 6.45) is 1.65. The van der Waals surface area contributed by atoms with Gasteiger partial charge in [-0.1, -0.05) is 0 Å². The molecule has 2 aliphatic heterocycles. The first-order valence-electron chi connectivity index (χ1n) is 7.23. The first-order chi connectivity index (χ1) is 9.84. The molecule has 0 bridgehead atoms. The van der Waals surface area contributed by atoms with E-state index in [4.69, 9.17) is 0 Å². The van der Waals surface area contributed by atoms with Crippen molar-refractivity contribution in [1.29, 1.82) is 0 Å². The Morgan fingerprint density at radius 2 is 1.95 bits per heavy atom. The molecule has 5 heteroatoms. The molecule has 21 heavy (non-hydrogen) atoms. The van der Waals surface area contributed by atoms with E-state index in [2.05, 4.69) is 43.4 Å². The number of carbonyl (C=O) groups excluding carboxylic acids is 2. The van der Waals surface area contributed by atoms with Crippen LogP contribution in [0.15, 0.2) is 30.3 Å². The van der Waals surface area contributed by atoms with Crippen LogP contribution in [0, 0.1) is 0 Å². The van der Waals surface area contributed by atoms with Crippen LogP contribution in [0.2, 0.25) is 4.31 Å². The third kappa shape index (κ3) is 2.29. The minimum absolute atomic E-state index is 0.00588. The van der Waals surface area contributed by atoms with E-state index < -0.39 is 5.54 Å². The molecule has 3 amide bonds. The van der Waals surface area contributed by atoms with Gasteiger partial charge in [-0.05, 0) is 0 Å². The molecule has 0 spiro atoms. The zero-order valence-corrected chi connectivity index (χ0v) is 14.3. The van der Waals surface area contributed by atoms with Crippen LogP contribution in [0.25, 0.3) is 0 Å². The standard InChI is InChI=1S/C16H20N2O2Se/c1-15(2,21-11-7-5-4-6-8-11)12-9-10-16(3)13(19)17-14(20)18(12)16/h4-8,12H,9-10H2,1-3H3,(H,17,19,20). The van der Waals surface area contributed by atoms with E-state index >= 15 is 0 Å². The topological polar surface area (TPSA) is 49.4 Å². The van der Waals surface area contributed by atoms with Crippen molar-refractivity contribution < 1.29 is 9.59 Å². The summed E-state index contributed by atoms with van der Waals surface area (Å²) in [7, 11) is 0. The average Bonchev–Trinajstić information content (AvgIpc) is 2.88. The van der Waals surface area contributed by atoms with Gasteiger partial charge in [0.25, 0.3) is 0 Å². The van der Waals surface area contributed by atoms with Crippen LogP contribution in [-0.4, -0.2) is 43.4 Å². The van der Waals surface area contributed by atoms with Crippen LogP contribution >= 0.6 is 0 Å². The second-order valence-corrected chi connectivity index (χ2v) is 10.1. The quantitative estimate of drug-likeness (QED) is 0.666. The molecule has 1 aromatic carbocycles. The number of hydrogen-bond donors (Lipinski definition) is 1. The Bertz CT molecular complexity index is 587. The molecule has 2 unspecified atom stereocenters. The van der Waals surface area contributed by atoms with Crippen molar-refractivity contribution in [2.45, 2.75) is 49.5 Å². The molecule has 112 valence electrons. The first kappa shape index (κ1) is 14.6. The van der Waals surface area contributed by atoms with Crippen molar-refractivity contribution >= 4 is 31.4 Å². The third-order valence-electron chi connectivity index (χ3n) is 4.60. The van der Waals surface area contributed by atoms with Crippen LogP contribution in [-0.2, 0) is 4.79 Å². The van der Waals surface area contributed by atoms with Crippen molar-refractivity contribution in [3.8, 4) is 0 Å². The summed E-state index contributed by atoms with van der Waals surface area (Å²) >= 11 is 0.246. The molecule has 0 aromatic heterocycles. The van der Waals surface area contributed by atoms with Crippen LogP contribution < -0.4 is 9.78 Å². The molecular weight excluding hydrogens is 331 g/mol. The molecule has 2 atom stereocenters.